The number of aryl methyl sites for hydroxylation is 1. The van der Waals surface area contributed by atoms with E-state index in [0.29, 0.717) is 6.54 Å². The van der Waals surface area contributed by atoms with Crippen molar-refractivity contribution in [1.82, 2.24) is 14.1 Å². The standard InChI is InChI=1S/C8H9N3OS/c1-10-6-9-4-7(10)5-11-2-3-13-8(11)12/h2-4,6H,5H2,1H3. The van der Waals surface area contributed by atoms with Gasteiger partial charge in [0.2, 0.25) is 0 Å². The second kappa shape index (κ2) is 3.18. The first-order valence-corrected chi connectivity index (χ1v) is 4.74. The fraction of sp³-hybridized carbons (Fsp3) is 0.250. The summed E-state index contributed by atoms with van der Waals surface area (Å²) in [6.07, 6.45) is 5.29. The molecule has 0 aliphatic carbocycles. The zero-order chi connectivity index (χ0) is 9.26. The molecule has 2 aromatic heterocycles. The van der Waals surface area contributed by atoms with Crippen molar-refractivity contribution in [2.24, 2.45) is 7.05 Å². The van der Waals surface area contributed by atoms with Crippen LogP contribution in [0.15, 0.2) is 28.9 Å². The maximum absolute atomic E-state index is 11.2. The average molecular weight is 195 g/mol. The lowest BCUT2D eigenvalue weighted by Gasteiger charge is -2.01. The maximum atomic E-state index is 11.2. The molecule has 4 nitrogen and oxygen atoms in total. The van der Waals surface area contributed by atoms with Crippen LogP contribution in [0, 0.1) is 0 Å². The summed E-state index contributed by atoms with van der Waals surface area (Å²) >= 11 is 1.21. The zero-order valence-electron chi connectivity index (χ0n) is 7.17. The van der Waals surface area contributed by atoms with Crippen molar-refractivity contribution in [3.8, 4) is 0 Å². The molecule has 2 heterocycles. The van der Waals surface area contributed by atoms with E-state index in [2.05, 4.69) is 4.98 Å². The van der Waals surface area contributed by atoms with Crippen LogP contribution in [-0.2, 0) is 13.6 Å². The normalized spacial score (nSPS) is 10.5. The van der Waals surface area contributed by atoms with Gasteiger partial charge in [-0.15, -0.1) is 0 Å². The van der Waals surface area contributed by atoms with Crippen molar-refractivity contribution in [3.05, 3.63) is 39.5 Å². The second-order valence-electron chi connectivity index (χ2n) is 2.79. The molecule has 2 rings (SSSR count). The Hall–Kier alpha value is -1.36. The molecule has 2 aromatic rings. The summed E-state index contributed by atoms with van der Waals surface area (Å²) in [6, 6.07) is 0. The molecule has 0 saturated carbocycles. The van der Waals surface area contributed by atoms with Gasteiger partial charge < -0.3 is 4.57 Å². The van der Waals surface area contributed by atoms with E-state index in [-0.39, 0.29) is 4.87 Å². The number of hydrogen-bond acceptors (Lipinski definition) is 3. The Kier molecular flexibility index (Phi) is 2.02. The molecule has 0 bridgehead atoms. The van der Waals surface area contributed by atoms with Crippen LogP contribution in [-0.4, -0.2) is 14.1 Å². The van der Waals surface area contributed by atoms with Crippen LogP contribution >= 0.6 is 11.3 Å². The van der Waals surface area contributed by atoms with Gasteiger partial charge in [-0.3, -0.25) is 9.36 Å². The number of hydrogen-bond donors (Lipinski definition) is 0. The second-order valence-corrected chi connectivity index (χ2v) is 3.65. The minimum absolute atomic E-state index is 0.0706. The molecule has 68 valence electrons. The highest BCUT2D eigenvalue weighted by molar-refractivity contribution is 7.07. The molecule has 0 aliphatic rings. The number of nitrogens with zero attached hydrogens (tertiary/aromatic N) is 3. The fourth-order valence-electron chi connectivity index (χ4n) is 1.12. The van der Waals surface area contributed by atoms with Crippen molar-refractivity contribution >= 4 is 11.3 Å². The zero-order valence-corrected chi connectivity index (χ0v) is 7.99. The predicted molar refractivity (Wildman–Crippen MR) is 50.9 cm³/mol. The number of aromatic nitrogens is 3. The van der Waals surface area contributed by atoms with E-state index in [1.54, 1.807) is 28.7 Å². The third-order valence-electron chi connectivity index (χ3n) is 1.89. The predicted octanol–water partition coefficient (Wildman–Crippen LogP) is 0.692. The summed E-state index contributed by atoms with van der Waals surface area (Å²) in [7, 11) is 1.92. The van der Waals surface area contributed by atoms with E-state index in [1.807, 2.05) is 11.6 Å². The van der Waals surface area contributed by atoms with E-state index in [0.717, 1.165) is 5.69 Å². The maximum Gasteiger partial charge on any atom is 0.307 e. The first kappa shape index (κ1) is 8.25. The van der Waals surface area contributed by atoms with Gasteiger partial charge in [0.25, 0.3) is 0 Å². The number of thiazole rings is 1. The highest BCUT2D eigenvalue weighted by Crippen LogP contribution is 1.99. The molecular weight excluding hydrogens is 186 g/mol. The minimum atomic E-state index is 0.0706. The first-order chi connectivity index (χ1) is 6.27. The van der Waals surface area contributed by atoms with Crippen molar-refractivity contribution in [2.75, 3.05) is 0 Å². The van der Waals surface area contributed by atoms with Crippen molar-refractivity contribution in [1.29, 1.82) is 0 Å². The largest absolute Gasteiger partial charge is 0.336 e. The molecule has 0 spiro atoms. The third kappa shape index (κ3) is 1.55. The Morgan fingerprint density at radius 1 is 1.62 bits per heavy atom. The van der Waals surface area contributed by atoms with Gasteiger partial charge in [0.15, 0.2) is 0 Å². The van der Waals surface area contributed by atoms with Gasteiger partial charge in [0.05, 0.1) is 18.6 Å². The molecule has 13 heavy (non-hydrogen) atoms. The SMILES string of the molecule is Cn1cncc1Cn1ccsc1=O. The molecule has 0 fully saturated rings. The molecule has 0 saturated heterocycles. The van der Waals surface area contributed by atoms with Crippen LogP contribution in [0.3, 0.4) is 0 Å². The molecule has 0 radical (unpaired) electrons. The van der Waals surface area contributed by atoms with Crippen LogP contribution in [0.25, 0.3) is 0 Å². The lowest BCUT2D eigenvalue weighted by atomic mass is 10.4. The molecule has 0 N–H and O–H groups in total. The molecule has 0 unspecified atom stereocenters. The molecule has 0 aromatic carbocycles. The van der Waals surface area contributed by atoms with E-state index >= 15 is 0 Å². The van der Waals surface area contributed by atoms with Crippen LogP contribution in [0.4, 0.5) is 0 Å². The lowest BCUT2D eigenvalue weighted by Crippen LogP contribution is -2.14. The van der Waals surface area contributed by atoms with Crippen molar-refractivity contribution in [2.45, 2.75) is 6.54 Å². The summed E-state index contributed by atoms with van der Waals surface area (Å²) < 4.78 is 3.58. The average Bonchev–Trinajstić information content (AvgIpc) is 2.65. The molecule has 5 heteroatoms. The minimum Gasteiger partial charge on any atom is -0.336 e. The first-order valence-electron chi connectivity index (χ1n) is 3.86. The quantitative estimate of drug-likeness (QED) is 0.707. The summed E-state index contributed by atoms with van der Waals surface area (Å²) in [5.41, 5.74) is 1.03. The van der Waals surface area contributed by atoms with Gasteiger partial charge in [-0.1, -0.05) is 11.3 Å². The van der Waals surface area contributed by atoms with Gasteiger partial charge in [-0.25, -0.2) is 4.98 Å². The molecule has 0 atom stereocenters. The van der Waals surface area contributed by atoms with E-state index < -0.39 is 0 Å². The van der Waals surface area contributed by atoms with E-state index in [4.69, 9.17) is 0 Å². The van der Waals surface area contributed by atoms with Crippen LogP contribution in [0.1, 0.15) is 5.69 Å². The van der Waals surface area contributed by atoms with Crippen LogP contribution < -0.4 is 4.87 Å². The molecule has 0 amide bonds. The monoisotopic (exact) mass is 195 g/mol. The summed E-state index contributed by atoms with van der Waals surface area (Å²) in [5, 5.41) is 1.79. The smallest absolute Gasteiger partial charge is 0.307 e. The van der Waals surface area contributed by atoms with Gasteiger partial charge in [0, 0.05) is 24.8 Å². The highest BCUT2D eigenvalue weighted by Gasteiger charge is 2.01. The Labute approximate surface area is 79.1 Å². The molecule has 0 aliphatic heterocycles. The number of imidazole rings is 1. The van der Waals surface area contributed by atoms with Gasteiger partial charge in [-0.2, -0.15) is 0 Å². The third-order valence-corrected chi connectivity index (χ3v) is 2.59. The summed E-state index contributed by atoms with van der Waals surface area (Å²) in [6.45, 7) is 0.596. The Bertz CT molecular complexity index is 454. The van der Waals surface area contributed by atoms with Gasteiger partial charge >= 0.3 is 4.87 Å². The van der Waals surface area contributed by atoms with Crippen LogP contribution in [0.5, 0.6) is 0 Å². The summed E-state index contributed by atoms with van der Waals surface area (Å²) in [5.74, 6) is 0. The van der Waals surface area contributed by atoms with Gasteiger partial charge in [0.1, 0.15) is 0 Å². The topological polar surface area (TPSA) is 39.8 Å². The summed E-state index contributed by atoms with van der Waals surface area (Å²) in [4.78, 5) is 15.3. The van der Waals surface area contributed by atoms with Gasteiger partial charge in [-0.05, 0) is 0 Å². The van der Waals surface area contributed by atoms with Crippen molar-refractivity contribution in [3.63, 3.8) is 0 Å². The Balaban J connectivity index is 2.29. The van der Waals surface area contributed by atoms with Crippen LogP contribution in [0.2, 0.25) is 0 Å². The highest BCUT2D eigenvalue weighted by atomic mass is 32.1. The Morgan fingerprint density at radius 2 is 2.46 bits per heavy atom. The molecular formula is C8H9N3OS. The van der Waals surface area contributed by atoms with E-state index in [9.17, 15) is 4.79 Å². The fourth-order valence-corrected chi connectivity index (χ4v) is 1.70. The lowest BCUT2D eigenvalue weighted by molar-refractivity contribution is 0.714. The van der Waals surface area contributed by atoms with Crippen molar-refractivity contribution < 1.29 is 0 Å². The number of rotatable bonds is 2. The Morgan fingerprint density at radius 3 is 3.00 bits per heavy atom. The van der Waals surface area contributed by atoms with E-state index in [1.165, 1.54) is 11.3 Å².